The summed E-state index contributed by atoms with van der Waals surface area (Å²) in [6, 6.07) is 2.82. The van der Waals surface area contributed by atoms with E-state index in [2.05, 4.69) is 23.3 Å². The van der Waals surface area contributed by atoms with E-state index in [1.807, 2.05) is 11.3 Å². The fraction of sp³-hybridized carbons (Fsp3) is 0.714. The number of rotatable bonds is 3. The molecule has 0 saturated heterocycles. The molecule has 2 aliphatic rings. The minimum absolute atomic E-state index is 0.394. The van der Waals surface area contributed by atoms with Gasteiger partial charge in [0.15, 0.2) is 0 Å². The van der Waals surface area contributed by atoms with Gasteiger partial charge in [-0.25, -0.2) is 0 Å². The normalized spacial score (nSPS) is 22.7. The predicted octanol–water partition coefficient (Wildman–Crippen LogP) is 3.62. The average Bonchev–Trinajstić information content (AvgIpc) is 2.84. The summed E-state index contributed by atoms with van der Waals surface area (Å²) < 4.78 is 0. The average molecular weight is 282 g/mol. The van der Waals surface area contributed by atoms with Crippen LogP contribution in [-0.4, -0.2) is 5.75 Å². The Bertz CT molecular complexity index is 373. The quantitative estimate of drug-likeness (QED) is 0.657. The minimum atomic E-state index is 0.394. The Labute approximate surface area is 118 Å². The number of hydrogen-bond donors (Lipinski definition) is 2. The van der Waals surface area contributed by atoms with E-state index < -0.39 is 0 Å². The summed E-state index contributed by atoms with van der Waals surface area (Å²) in [6.45, 7) is 0. The zero-order valence-corrected chi connectivity index (χ0v) is 12.4. The van der Waals surface area contributed by atoms with Crippen molar-refractivity contribution >= 4 is 23.1 Å². The maximum absolute atomic E-state index is 5.84. The molecule has 1 saturated carbocycles. The van der Waals surface area contributed by atoms with Crippen molar-refractivity contribution in [1.82, 2.24) is 5.43 Å². The highest BCUT2D eigenvalue weighted by Gasteiger charge is 2.27. The molecule has 1 aliphatic carbocycles. The highest BCUT2D eigenvalue weighted by Crippen LogP contribution is 2.40. The Hall–Kier alpha value is -0.0300. The molecule has 0 radical (unpaired) electrons. The van der Waals surface area contributed by atoms with Crippen LogP contribution in [0, 0.1) is 5.92 Å². The number of aryl methyl sites for hydroxylation is 1. The van der Waals surface area contributed by atoms with E-state index in [4.69, 9.17) is 5.84 Å². The fourth-order valence-corrected chi connectivity index (χ4v) is 5.77. The largest absolute Gasteiger partial charge is 0.271 e. The molecule has 1 aliphatic heterocycles. The fourth-order valence-electron chi connectivity index (χ4n) is 3.24. The third-order valence-corrected chi connectivity index (χ3v) is 6.58. The third-order valence-electron chi connectivity index (χ3n) is 4.25. The van der Waals surface area contributed by atoms with Crippen LogP contribution >= 0.6 is 23.1 Å². The lowest BCUT2D eigenvalue weighted by Crippen LogP contribution is -2.34. The van der Waals surface area contributed by atoms with Crippen molar-refractivity contribution in [3.63, 3.8) is 0 Å². The minimum Gasteiger partial charge on any atom is -0.271 e. The number of hydrogen-bond acceptors (Lipinski definition) is 4. The van der Waals surface area contributed by atoms with Gasteiger partial charge in [0.1, 0.15) is 0 Å². The summed E-state index contributed by atoms with van der Waals surface area (Å²) >= 11 is 4.07. The topological polar surface area (TPSA) is 38.0 Å². The lowest BCUT2D eigenvalue weighted by Gasteiger charge is -2.29. The molecule has 0 bridgehead atoms. The SMILES string of the molecule is NNC(c1cc2c(s1)CCSC2)C1CCCCC1. The van der Waals surface area contributed by atoms with E-state index in [-0.39, 0.29) is 0 Å². The molecule has 4 heteroatoms. The number of nitrogens with two attached hydrogens (primary N) is 1. The molecule has 2 heterocycles. The van der Waals surface area contributed by atoms with Crippen LogP contribution in [0.3, 0.4) is 0 Å². The summed E-state index contributed by atoms with van der Waals surface area (Å²) in [5.41, 5.74) is 4.67. The molecule has 3 rings (SSSR count). The first-order valence-electron chi connectivity index (χ1n) is 7.04. The lowest BCUT2D eigenvalue weighted by molar-refractivity contribution is 0.276. The first-order valence-corrected chi connectivity index (χ1v) is 9.01. The summed E-state index contributed by atoms with van der Waals surface area (Å²) in [5, 5.41) is 0. The van der Waals surface area contributed by atoms with Crippen molar-refractivity contribution in [2.45, 2.75) is 50.3 Å². The molecule has 1 atom stereocenters. The summed E-state index contributed by atoms with van der Waals surface area (Å²) in [4.78, 5) is 3.09. The first-order chi connectivity index (χ1) is 8.88. The Morgan fingerprint density at radius 1 is 1.28 bits per heavy atom. The molecule has 0 aromatic carbocycles. The van der Waals surface area contributed by atoms with E-state index >= 15 is 0 Å². The van der Waals surface area contributed by atoms with Gasteiger partial charge in [0, 0.05) is 15.5 Å². The second-order valence-electron chi connectivity index (χ2n) is 5.44. The molecule has 0 spiro atoms. The Kier molecular flexibility index (Phi) is 4.29. The first kappa shape index (κ1) is 13.0. The van der Waals surface area contributed by atoms with Gasteiger partial charge >= 0.3 is 0 Å². The molecule has 2 nitrogen and oxygen atoms in total. The number of thioether (sulfide) groups is 1. The molecule has 0 amide bonds. The number of thiophene rings is 1. The molecule has 100 valence electrons. The molecule has 1 aromatic rings. The van der Waals surface area contributed by atoms with Crippen molar-refractivity contribution in [2.75, 3.05) is 5.75 Å². The molecule has 1 unspecified atom stereocenters. The van der Waals surface area contributed by atoms with Gasteiger partial charge in [-0.15, -0.1) is 11.3 Å². The van der Waals surface area contributed by atoms with Gasteiger partial charge in [-0.1, -0.05) is 19.3 Å². The molecular formula is C14H22N2S2. The smallest absolute Gasteiger partial charge is 0.0581 e. The Morgan fingerprint density at radius 3 is 2.83 bits per heavy atom. The van der Waals surface area contributed by atoms with Crippen molar-refractivity contribution < 1.29 is 0 Å². The van der Waals surface area contributed by atoms with Crippen LogP contribution in [0.4, 0.5) is 0 Å². The van der Waals surface area contributed by atoms with Crippen LogP contribution in [0.15, 0.2) is 6.07 Å². The van der Waals surface area contributed by atoms with E-state index in [1.54, 1.807) is 10.4 Å². The Morgan fingerprint density at radius 2 is 2.11 bits per heavy atom. The van der Waals surface area contributed by atoms with Crippen LogP contribution in [0.25, 0.3) is 0 Å². The highest BCUT2D eigenvalue weighted by molar-refractivity contribution is 7.98. The molecule has 1 aromatic heterocycles. The van der Waals surface area contributed by atoms with Gasteiger partial charge in [-0.05, 0) is 42.6 Å². The van der Waals surface area contributed by atoms with Gasteiger partial charge in [0.25, 0.3) is 0 Å². The van der Waals surface area contributed by atoms with Crippen LogP contribution in [-0.2, 0) is 12.2 Å². The maximum atomic E-state index is 5.84. The van der Waals surface area contributed by atoms with E-state index in [1.165, 1.54) is 54.9 Å². The van der Waals surface area contributed by atoms with Crippen molar-refractivity contribution in [1.29, 1.82) is 0 Å². The second kappa shape index (κ2) is 5.95. The number of fused-ring (bicyclic) bond motifs is 1. The highest BCUT2D eigenvalue weighted by atomic mass is 32.2. The van der Waals surface area contributed by atoms with Crippen LogP contribution in [0.2, 0.25) is 0 Å². The lowest BCUT2D eigenvalue weighted by atomic mass is 9.83. The van der Waals surface area contributed by atoms with Crippen molar-refractivity contribution in [2.24, 2.45) is 11.8 Å². The monoisotopic (exact) mass is 282 g/mol. The van der Waals surface area contributed by atoms with Gasteiger partial charge in [0.05, 0.1) is 6.04 Å². The third kappa shape index (κ3) is 2.62. The number of hydrazine groups is 1. The second-order valence-corrected chi connectivity index (χ2v) is 7.72. The van der Waals surface area contributed by atoms with E-state index in [0.717, 1.165) is 5.92 Å². The molecule has 18 heavy (non-hydrogen) atoms. The van der Waals surface area contributed by atoms with E-state index in [9.17, 15) is 0 Å². The van der Waals surface area contributed by atoms with Crippen molar-refractivity contribution in [3.05, 3.63) is 21.4 Å². The van der Waals surface area contributed by atoms with Gasteiger partial charge in [-0.2, -0.15) is 11.8 Å². The van der Waals surface area contributed by atoms with E-state index in [0.29, 0.717) is 6.04 Å². The summed E-state index contributed by atoms with van der Waals surface area (Å²) in [7, 11) is 0. The molecule has 1 fully saturated rings. The van der Waals surface area contributed by atoms with Crippen molar-refractivity contribution in [3.8, 4) is 0 Å². The van der Waals surface area contributed by atoms with Crippen LogP contribution in [0.5, 0.6) is 0 Å². The number of nitrogens with one attached hydrogen (secondary N) is 1. The van der Waals surface area contributed by atoms with Gasteiger partial charge < -0.3 is 0 Å². The van der Waals surface area contributed by atoms with Crippen LogP contribution in [0.1, 0.15) is 53.5 Å². The summed E-state index contributed by atoms with van der Waals surface area (Å²) in [6.07, 6.45) is 8.10. The zero-order chi connectivity index (χ0) is 12.4. The van der Waals surface area contributed by atoms with Gasteiger partial charge in [-0.3, -0.25) is 11.3 Å². The van der Waals surface area contributed by atoms with Gasteiger partial charge in [0.2, 0.25) is 0 Å². The zero-order valence-electron chi connectivity index (χ0n) is 10.8. The standard InChI is InChI=1S/C14H22N2S2/c15-16-14(10-4-2-1-3-5-10)13-8-11-9-17-7-6-12(11)18-13/h8,10,14,16H,1-7,9,15H2. The molecular weight excluding hydrogens is 260 g/mol. The van der Waals surface area contributed by atoms with Crippen LogP contribution < -0.4 is 11.3 Å². The maximum Gasteiger partial charge on any atom is 0.0581 e. The summed E-state index contributed by atoms with van der Waals surface area (Å²) in [5.74, 6) is 9.08. The predicted molar refractivity (Wildman–Crippen MR) is 80.8 cm³/mol. The molecule has 3 N–H and O–H groups in total. The Balaban J connectivity index is 1.79.